The maximum atomic E-state index is 6.15. The van der Waals surface area contributed by atoms with E-state index in [9.17, 15) is 0 Å². The van der Waals surface area contributed by atoms with E-state index in [0.29, 0.717) is 29.4 Å². The van der Waals surface area contributed by atoms with Gasteiger partial charge in [-0.25, -0.2) is 19.9 Å². The smallest absolute Gasteiger partial charge is 0.226 e. The van der Waals surface area contributed by atoms with Crippen LogP contribution in [-0.2, 0) is 4.74 Å². The number of hydrogen-bond acceptors (Lipinski definition) is 9. The number of aryl methyl sites for hydroxylation is 2. The molecule has 184 valence electrons. The minimum atomic E-state index is 0.136. The van der Waals surface area contributed by atoms with E-state index in [1.807, 2.05) is 57.2 Å². The van der Waals surface area contributed by atoms with Gasteiger partial charge < -0.3 is 19.7 Å². The third kappa shape index (κ3) is 5.11. The first-order valence-corrected chi connectivity index (χ1v) is 12.0. The minimum Gasteiger partial charge on any atom is -0.457 e. The summed E-state index contributed by atoms with van der Waals surface area (Å²) in [6.45, 7) is 10.1. The third-order valence-corrected chi connectivity index (χ3v) is 6.00. The van der Waals surface area contributed by atoms with Crippen molar-refractivity contribution < 1.29 is 9.47 Å². The Balaban J connectivity index is 1.38. The lowest BCUT2D eigenvalue weighted by Crippen LogP contribution is -2.42. The van der Waals surface area contributed by atoms with Gasteiger partial charge in [0.1, 0.15) is 28.9 Å². The second-order valence-corrected chi connectivity index (χ2v) is 8.80. The quantitative estimate of drug-likeness (QED) is 0.358. The van der Waals surface area contributed by atoms with Gasteiger partial charge in [0.25, 0.3) is 0 Å². The predicted molar refractivity (Wildman–Crippen MR) is 142 cm³/mol. The highest BCUT2D eigenvalue weighted by molar-refractivity contribution is 5.87. The second-order valence-electron chi connectivity index (χ2n) is 8.80. The lowest BCUT2D eigenvalue weighted by atomic mass is 10.2. The van der Waals surface area contributed by atoms with Gasteiger partial charge in [0.2, 0.25) is 5.95 Å². The van der Waals surface area contributed by atoms with Crippen LogP contribution in [0.4, 0.5) is 23.1 Å². The van der Waals surface area contributed by atoms with Crippen molar-refractivity contribution in [3.8, 4) is 11.5 Å². The third-order valence-electron chi connectivity index (χ3n) is 6.00. The summed E-state index contributed by atoms with van der Waals surface area (Å²) in [5, 5.41) is 3.39. The fourth-order valence-electron chi connectivity index (χ4n) is 4.12. The molecule has 3 heterocycles. The Morgan fingerprint density at radius 1 is 1.11 bits per heavy atom. The number of hydrogen-bond donors (Lipinski definition) is 1. The Kier molecular flexibility index (Phi) is 6.73. The Morgan fingerprint density at radius 3 is 2.81 bits per heavy atom. The van der Waals surface area contributed by atoms with Crippen LogP contribution >= 0.6 is 0 Å². The Morgan fingerprint density at radius 2 is 2.00 bits per heavy atom. The molecular weight excluding hydrogens is 454 g/mol. The monoisotopic (exact) mass is 483 g/mol. The SMILES string of the molecule is C/C=N\c1cc(Oc2ccc(Nc3ncnc4cnc(N5CCOC(C)C5)nc34)cc2C)ccc1C. The van der Waals surface area contributed by atoms with Crippen LogP contribution in [0.15, 0.2) is 53.9 Å². The predicted octanol–water partition coefficient (Wildman–Crippen LogP) is 5.52. The van der Waals surface area contributed by atoms with E-state index >= 15 is 0 Å². The first-order valence-electron chi connectivity index (χ1n) is 12.0. The molecule has 0 saturated carbocycles. The Labute approximate surface area is 210 Å². The van der Waals surface area contributed by atoms with E-state index < -0.39 is 0 Å². The standard InChI is InChI=1S/C27H29N7O2/c1-5-28-22-13-21(8-6-17(22)2)36-24-9-7-20(12-18(24)3)32-26-25-23(30-16-31-26)14-29-27(33-25)34-10-11-35-19(4)15-34/h5-9,12-14,16,19H,10-11,15H2,1-4H3,(H,30,31,32)/b28-5-. The van der Waals surface area contributed by atoms with Crippen LogP contribution in [0.1, 0.15) is 25.0 Å². The second kappa shape index (κ2) is 10.2. The highest BCUT2D eigenvalue weighted by Crippen LogP contribution is 2.32. The maximum Gasteiger partial charge on any atom is 0.226 e. The number of aliphatic imine (C=N–C) groups is 1. The largest absolute Gasteiger partial charge is 0.457 e. The molecule has 1 saturated heterocycles. The number of nitrogens with zero attached hydrogens (tertiary/aromatic N) is 6. The number of fused-ring (bicyclic) bond motifs is 1. The summed E-state index contributed by atoms with van der Waals surface area (Å²) >= 11 is 0. The van der Waals surface area contributed by atoms with Crippen molar-refractivity contribution in [2.75, 3.05) is 29.9 Å². The fourth-order valence-corrected chi connectivity index (χ4v) is 4.12. The summed E-state index contributed by atoms with van der Waals surface area (Å²) in [7, 11) is 0. The summed E-state index contributed by atoms with van der Waals surface area (Å²) in [5.41, 5.74) is 5.21. The van der Waals surface area contributed by atoms with Gasteiger partial charge in [0.05, 0.1) is 24.6 Å². The molecule has 2 aromatic heterocycles. The summed E-state index contributed by atoms with van der Waals surface area (Å²) in [6, 6.07) is 11.8. The average molecular weight is 484 g/mol. The number of anilines is 3. The molecule has 0 radical (unpaired) electrons. The van der Waals surface area contributed by atoms with Gasteiger partial charge in [-0.3, -0.25) is 4.99 Å². The molecule has 1 aliphatic rings. The van der Waals surface area contributed by atoms with Crippen molar-refractivity contribution >= 4 is 40.4 Å². The van der Waals surface area contributed by atoms with E-state index in [-0.39, 0.29) is 6.10 Å². The molecule has 1 N–H and O–H groups in total. The lowest BCUT2D eigenvalue weighted by molar-refractivity contribution is 0.0526. The topological polar surface area (TPSA) is 97.6 Å². The molecule has 1 aliphatic heterocycles. The molecule has 1 fully saturated rings. The molecular formula is C27H29N7O2. The molecule has 5 rings (SSSR count). The number of aromatic nitrogens is 4. The Hall–Kier alpha value is -4.11. The molecule has 1 unspecified atom stereocenters. The highest BCUT2D eigenvalue weighted by Gasteiger charge is 2.20. The van der Waals surface area contributed by atoms with Gasteiger partial charge in [0, 0.05) is 31.1 Å². The van der Waals surface area contributed by atoms with E-state index in [1.54, 1.807) is 12.4 Å². The molecule has 4 aromatic rings. The van der Waals surface area contributed by atoms with E-state index in [0.717, 1.165) is 47.1 Å². The van der Waals surface area contributed by atoms with E-state index in [1.165, 1.54) is 6.33 Å². The van der Waals surface area contributed by atoms with Gasteiger partial charge in [-0.15, -0.1) is 0 Å². The molecule has 0 amide bonds. The summed E-state index contributed by atoms with van der Waals surface area (Å²) in [5.74, 6) is 2.79. The van der Waals surface area contributed by atoms with Crippen molar-refractivity contribution in [2.45, 2.75) is 33.8 Å². The molecule has 2 aromatic carbocycles. The molecule has 1 atom stereocenters. The van der Waals surface area contributed by atoms with Crippen LogP contribution in [0.25, 0.3) is 11.0 Å². The maximum absolute atomic E-state index is 6.15. The van der Waals surface area contributed by atoms with Crippen LogP contribution in [0.5, 0.6) is 11.5 Å². The van der Waals surface area contributed by atoms with Gasteiger partial charge in [-0.05, 0) is 63.1 Å². The molecule has 0 spiro atoms. The molecule has 9 nitrogen and oxygen atoms in total. The lowest BCUT2D eigenvalue weighted by Gasteiger charge is -2.31. The zero-order chi connectivity index (χ0) is 25.1. The zero-order valence-corrected chi connectivity index (χ0v) is 20.9. The first-order chi connectivity index (χ1) is 17.5. The molecule has 9 heteroatoms. The summed E-state index contributed by atoms with van der Waals surface area (Å²) in [4.78, 5) is 24.6. The van der Waals surface area contributed by atoms with Crippen molar-refractivity contribution in [3.05, 3.63) is 60.0 Å². The fraction of sp³-hybridized carbons (Fsp3) is 0.296. The van der Waals surface area contributed by atoms with Crippen LogP contribution in [0.3, 0.4) is 0 Å². The summed E-state index contributed by atoms with van der Waals surface area (Å²) < 4.78 is 11.8. The van der Waals surface area contributed by atoms with E-state index in [4.69, 9.17) is 14.5 Å². The highest BCUT2D eigenvalue weighted by atomic mass is 16.5. The van der Waals surface area contributed by atoms with Gasteiger partial charge in [0.15, 0.2) is 5.82 Å². The van der Waals surface area contributed by atoms with Crippen molar-refractivity contribution in [3.63, 3.8) is 0 Å². The van der Waals surface area contributed by atoms with Gasteiger partial charge in [-0.2, -0.15) is 0 Å². The van der Waals surface area contributed by atoms with Gasteiger partial charge >= 0.3 is 0 Å². The van der Waals surface area contributed by atoms with Crippen molar-refractivity contribution in [2.24, 2.45) is 4.99 Å². The zero-order valence-electron chi connectivity index (χ0n) is 20.9. The number of rotatable bonds is 6. The summed E-state index contributed by atoms with van der Waals surface area (Å²) in [6.07, 6.45) is 5.18. The van der Waals surface area contributed by atoms with E-state index in [2.05, 4.69) is 37.1 Å². The number of ether oxygens (including phenoxy) is 2. The average Bonchev–Trinajstić information content (AvgIpc) is 2.88. The number of nitrogens with one attached hydrogen (secondary N) is 1. The van der Waals surface area contributed by atoms with Crippen LogP contribution in [0.2, 0.25) is 0 Å². The van der Waals surface area contributed by atoms with Crippen molar-refractivity contribution in [1.82, 2.24) is 19.9 Å². The first kappa shape index (κ1) is 23.6. The minimum absolute atomic E-state index is 0.136. The van der Waals surface area contributed by atoms with Crippen molar-refractivity contribution in [1.29, 1.82) is 0 Å². The molecule has 36 heavy (non-hydrogen) atoms. The number of benzene rings is 2. The molecule has 0 aliphatic carbocycles. The normalized spacial score (nSPS) is 16.0. The van der Waals surface area contributed by atoms with Crippen LogP contribution in [0, 0.1) is 13.8 Å². The van der Waals surface area contributed by atoms with Crippen LogP contribution in [-0.4, -0.2) is 52.0 Å². The molecule has 0 bridgehead atoms. The Bertz CT molecular complexity index is 1420. The van der Waals surface area contributed by atoms with Crippen LogP contribution < -0.4 is 15.0 Å². The number of morpholine rings is 1. The van der Waals surface area contributed by atoms with Gasteiger partial charge in [-0.1, -0.05) is 6.07 Å².